The molecule has 1 aromatic heterocycles. The average molecular weight is 374 g/mol. The highest BCUT2D eigenvalue weighted by Gasteiger charge is 2.19. The number of alkyl halides is 1. The molecule has 0 radical (unpaired) electrons. The Bertz CT molecular complexity index is 536. The standard InChI is InChI=1S/C11H5BrCl3FS/c12-7-4-9(17-11(7)15)10(14)6-3-5(13)1-2-8(6)16/h1-4,10H. The zero-order valence-electron chi connectivity index (χ0n) is 8.18. The largest absolute Gasteiger partial charge is 0.207 e. The van der Waals surface area contributed by atoms with E-state index < -0.39 is 5.38 Å². The molecule has 0 saturated heterocycles. The Balaban J connectivity index is 2.42. The van der Waals surface area contributed by atoms with E-state index in [0.717, 1.165) is 9.35 Å². The van der Waals surface area contributed by atoms with Gasteiger partial charge in [0.15, 0.2) is 0 Å². The van der Waals surface area contributed by atoms with Gasteiger partial charge in [0.25, 0.3) is 0 Å². The molecule has 90 valence electrons. The molecular weight excluding hydrogens is 369 g/mol. The zero-order valence-corrected chi connectivity index (χ0v) is 12.9. The van der Waals surface area contributed by atoms with E-state index in [2.05, 4.69) is 15.9 Å². The Morgan fingerprint density at radius 2 is 1.94 bits per heavy atom. The van der Waals surface area contributed by atoms with Crippen LogP contribution < -0.4 is 0 Å². The molecule has 2 rings (SSSR count). The molecule has 0 aliphatic rings. The van der Waals surface area contributed by atoms with Crippen molar-refractivity contribution < 1.29 is 4.39 Å². The lowest BCUT2D eigenvalue weighted by Gasteiger charge is -2.09. The smallest absolute Gasteiger partial charge is 0.128 e. The molecule has 1 heterocycles. The van der Waals surface area contributed by atoms with E-state index in [-0.39, 0.29) is 5.82 Å². The summed E-state index contributed by atoms with van der Waals surface area (Å²) in [5.74, 6) is -0.380. The predicted octanol–water partition coefficient (Wildman–Crippen LogP) is 6.28. The maximum absolute atomic E-state index is 13.6. The van der Waals surface area contributed by atoms with Gasteiger partial charge in [-0.25, -0.2) is 4.39 Å². The minimum absolute atomic E-state index is 0.351. The fraction of sp³-hybridized carbons (Fsp3) is 0.0909. The number of hydrogen-bond acceptors (Lipinski definition) is 1. The minimum atomic E-state index is -0.595. The molecule has 1 aromatic carbocycles. The highest BCUT2D eigenvalue weighted by Crippen LogP contribution is 2.41. The van der Waals surface area contributed by atoms with Crippen molar-refractivity contribution in [3.8, 4) is 0 Å². The quantitative estimate of drug-likeness (QED) is 0.542. The fourth-order valence-electron chi connectivity index (χ4n) is 1.35. The van der Waals surface area contributed by atoms with Gasteiger partial charge in [0.05, 0.1) is 5.38 Å². The molecule has 1 unspecified atom stereocenters. The highest BCUT2D eigenvalue weighted by atomic mass is 79.9. The Labute approximate surface area is 125 Å². The van der Waals surface area contributed by atoms with Gasteiger partial charge in [-0.05, 0) is 40.2 Å². The molecule has 1 atom stereocenters. The first-order chi connectivity index (χ1) is 7.99. The van der Waals surface area contributed by atoms with Crippen LogP contribution in [0.3, 0.4) is 0 Å². The van der Waals surface area contributed by atoms with Crippen molar-refractivity contribution in [1.29, 1.82) is 0 Å². The normalized spacial score (nSPS) is 12.8. The van der Waals surface area contributed by atoms with Crippen LogP contribution in [0.5, 0.6) is 0 Å². The molecule has 0 spiro atoms. The summed E-state index contributed by atoms with van der Waals surface area (Å²) in [6.45, 7) is 0. The third-order valence-corrected chi connectivity index (χ3v) is 5.52. The van der Waals surface area contributed by atoms with Crippen LogP contribution in [-0.4, -0.2) is 0 Å². The molecule has 0 aliphatic heterocycles. The summed E-state index contributed by atoms with van der Waals surface area (Å²) in [6, 6.07) is 6.10. The van der Waals surface area contributed by atoms with Gasteiger partial charge in [0.1, 0.15) is 10.2 Å². The molecular formula is C11H5BrCl3FS. The first-order valence-electron chi connectivity index (χ1n) is 4.53. The Morgan fingerprint density at radius 1 is 1.24 bits per heavy atom. The summed E-state index contributed by atoms with van der Waals surface area (Å²) in [5, 5.41) is -0.142. The third kappa shape index (κ3) is 2.96. The van der Waals surface area contributed by atoms with Gasteiger partial charge in [-0.1, -0.05) is 23.2 Å². The summed E-state index contributed by atoms with van der Waals surface area (Å²) in [6.07, 6.45) is 0. The second-order valence-electron chi connectivity index (χ2n) is 3.30. The number of hydrogen-bond donors (Lipinski definition) is 0. The lowest BCUT2D eigenvalue weighted by Crippen LogP contribution is -1.94. The monoisotopic (exact) mass is 372 g/mol. The second-order valence-corrected chi connectivity index (χ2v) is 6.71. The fourth-order valence-corrected chi connectivity index (χ4v) is 3.63. The van der Waals surface area contributed by atoms with Gasteiger partial charge in [0, 0.05) is 19.9 Å². The highest BCUT2D eigenvalue weighted by molar-refractivity contribution is 9.10. The average Bonchev–Trinajstić information content (AvgIpc) is 2.62. The van der Waals surface area contributed by atoms with Crippen LogP contribution in [0.15, 0.2) is 28.7 Å². The van der Waals surface area contributed by atoms with Crippen molar-refractivity contribution in [1.82, 2.24) is 0 Å². The molecule has 17 heavy (non-hydrogen) atoms. The van der Waals surface area contributed by atoms with Crippen molar-refractivity contribution >= 4 is 62.1 Å². The number of halogens is 5. The molecule has 0 N–H and O–H groups in total. The van der Waals surface area contributed by atoms with Crippen molar-refractivity contribution in [3.05, 3.63) is 54.4 Å². The van der Waals surface area contributed by atoms with Crippen molar-refractivity contribution in [3.63, 3.8) is 0 Å². The van der Waals surface area contributed by atoms with E-state index >= 15 is 0 Å². The first-order valence-corrected chi connectivity index (χ1v) is 7.33. The molecule has 0 aliphatic carbocycles. The SMILES string of the molecule is Fc1ccc(Cl)cc1C(Cl)c1cc(Br)c(Cl)s1. The van der Waals surface area contributed by atoms with Crippen molar-refractivity contribution in [2.75, 3.05) is 0 Å². The molecule has 0 fully saturated rings. The van der Waals surface area contributed by atoms with Crippen LogP contribution in [0.25, 0.3) is 0 Å². The second kappa shape index (κ2) is 5.45. The van der Waals surface area contributed by atoms with Crippen LogP contribution in [0, 0.1) is 5.82 Å². The Morgan fingerprint density at radius 3 is 2.53 bits per heavy atom. The molecule has 0 amide bonds. The summed E-state index contributed by atoms with van der Waals surface area (Å²) in [7, 11) is 0. The van der Waals surface area contributed by atoms with Gasteiger partial charge in [-0.3, -0.25) is 0 Å². The van der Waals surface area contributed by atoms with Crippen LogP contribution in [0.4, 0.5) is 4.39 Å². The van der Waals surface area contributed by atoms with E-state index in [1.165, 1.54) is 29.5 Å². The number of thiophene rings is 1. The van der Waals surface area contributed by atoms with E-state index in [1.54, 1.807) is 6.07 Å². The molecule has 0 bridgehead atoms. The topological polar surface area (TPSA) is 0 Å². The summed E-state index contributed by atoms with van der Waals surface area (Å²) >= 11 is 22.6. The maximum atomic E-state index is 13.6. The van der Waals surface area contributed by atoms with Crippen LogP contribution in [-0.2, 0) is 0 Å². The van der Waals surface area contributed by atoms with E-state index in [9.17, 15) is 4.39 Å². The van der Waals surface area contributed by atoms with E-state index in [1.807, 2.05) is 0 Å². The zero-order chi connectivity index (χ0) is 12.6. The number of rotatable bonds is 2. The van der Waals surface area contributed by atoms with Crippen molar-refractivity contribution in [2.24, 2.45) is 0 Å². The lowest BCUT2D eigenvalue weighted by atomic mass is 10.1. The van der Waals surface area contributed by atoms with Crippen LogP contribution in [0.2, 0.25) is 9.36 Å². The summed E-state index contributed by atoms with van der Waals surface area (Å²) < 4.78 is 15.0. The van der Waals surface area contributed by atoms with Gasteiger partial charge < -0.3 is 0 Å². The molecule has 0 nitrogen and oxygen atoms in total. The third-order valence-electron chi connectivity index (χ3n) is 2.15. The Hall–Kier alpha value is 0.200. The van der Waals surface area contributed by atoms with Crippen LogP contribution in [0.1, 0.15) is 15.8 Å². The van der Waals surface area contributed by atoms with Crippen molar-refractivity contribution in [2.45, 2.75) is 5.38 Å². The van der Waals surface area contributed by atoms with Gasteiger partial charge in [-0.2, -0.15) is 0 Å². The maximum Gasteiger partial charge on any atom is 0.128 e. The van der Waals surface area contributed by atoms with Crippen LogP contribution >= 0.6 is 62.1 Å². The van der Waals surface area contributed by atoms with E-state index in [0.29, 0.717) is 14.9 Å². The van der Waals surface area contributed by atoms with Gasteiger partial charge in [0.2, 0.25) is 0 Å². The first kappa shape index (κ1) is 13.6. The summed E-state index contributed by atoms with van der Waals surface area (Å²) in [5.41, 5.74) is 0.351. The minimum Gasteiger partial charge on any atom is -0.207 e. The molecule has 6 heteroatoms. The number of benzene rings is 1. The summed E-state index contributed by atoms with van der Waals surface area (Å²) in [4.78, 5) is 0.768. The molecule has 2 aromatic rings. The predicted molar refractivity (Wildman–Crippen MR) is 76.1 cm³/mol. The lowest BCUT2D eigenvalue weighted by molar-refractivity contribution is 0.613. The van der Waals surface area contributed by atoms with Gasteiger partial charge >= 0.3 is 0 Å². The van der Waals surface area contributed by atoms with Gasteiger partial charge in [-0.15, -0.1) is 22.9 Å². The van der Waals surface area contributed by atoms with E-state index in [4.69, 9.17) is 34.8 Å². The Kier molecular flexibility index (Phi) is 4.37. The molecule has 0 saturated carbocycles.